The van der Waals surface area contributed by atoms with Gasteiger partial charge in [-0.3, -0.25) is 9.47 Å². The predicted molar refractivity (Wildman–Crippen MR) is 128 cm³/mol. The van der Waals surface area contributed by atoms with Gasteiger partial charge in [-0.05, 0) is 36.2 Å². The van der Waals surface area contributed by atoms with E-state index in [-0.39, 0.29) is 5.41 Å². The first-order chi connectivity index (χ1) is 17.1. The normalized spacial score (nSPS) is 22.7. The second-order valence-corrected chi connectivity index (χ2v) is 10.4. The Labute approximate surface area is 207 Å². The van der Waals surface area contributed by atoms with Crippen LogP contribution in [0.25, 0.3) is 5.69 Å². The second-order valence-electron chi connectivity index (χ2n) is 10.0. The zero-order chi connectivity index (χ0) is 23.6. The molecule has 7 rings (SSSR count). The van der Waals surface area contributed by atoms with Crippen LogP contribution >= 0.6 is 11.6 Å². The topological polar surface area (TPSA) is 99.2 Å². The molecule has 2 aromatic heterocycles. The summed E-state index contributed by atoms with van der Waals surface area (Å²) in [6.07, 6.45) is 2.68. The van der Waals surface area contributed by atoms with Crippen LogP contribution in [0.5, 0.6) is 0 Å². The lowest BCUT2D eigenvalue weighted by Gasteiger charge is -2.60. The lowest BCUT2D eigenvalue weighted by Crippen LogP contribution is -2.73. The highest BCUT2D eigenvalue weighted by atomic mass is 35.5. The maximum Gasteiger partial charge on any atom is 0.231 e. The fraction of sp³-hybridized carbons (Fsp3) is 0.458. The average molecular weight is 490 g/mol. The molecule has 6 heterocycles. The van der Waals surface area contributed by atoms with Crippen molar-refractivity contribution in [2.24, 2.45) is 5.41 Å². The molecule has 0 bridgehead atoms. The van der Waals surface area contributed by atoms with Gasteiger partial charge in [-0.15, -0.1) is 10.2 Å². The molecule has 4 aliphatic heterocycles. The van der Waals surface area contributed by atoms with Crippen LogP contribution in [0.2, 0.25) is 5.02 Å². The quantitative estimate of drug-likeness (QED) is 0.547. The molecule has 1 spiro atoms. The molecule has 3 aromatic rings. The van der Waals surface area contributed by atoms with Gasteiger partial charge < -0.3 is 14.5 Å². The molecule has 0 aliphatic carbocycles. The average Bonchev–Trinajstić information content (AvgIpc) is 3.45. The van der Waals surface area contributed by atoms with E-state index in [1.165, 1.54) is 5.56 Å². The minimum absolute atomic E-state index is 0.194. The summed E-state index contributed by atoms with van der Waals surface area (Å²) in [5.74, 6) is 2.47. The third-order valence-electron chi connectivity index (χ3n) is 7.56. The highest BCUT2D eigenvalue weighted by Gasteiger charge is 2.54. The van der Waals surface area contributed by atoms with Crippen LogP contribution < -0.4 is 9.80 Å². The number of hydrogen-bond donors (Lipinski definition) is 0. The Balaban J connectivity index is 1.13. The number of rotatable bonds is 3. The molecular formula is C24H24ClN9O. The van der Waals surface area contributed by atoms with Crippen molar-refractivity contribution >= 4 is 23.5 Å². The maximum atomic E-state index is 9.12. The van der Waals surface area contributed by atoms with E-state index in [1.807, 2.05) is 6.07 Å². The number of ether oxygens (including phenoxy) is 1. The molecule has 11 heteroatoms. The van der Waals surface area contributed by atoms with Crippen molar-refractivity contribution < 1.29 is 4.74 Å². The Kier molecular flexibility index (Phi) is 4.74. The van der Waals surface area contributed by atoms with Gasteiger partial charge in [0.1, 0.15) is 11.8 Å². The molecule has 1 aromatic carbocycles. The summed E-state index contributed by atoms with van der Waals surface area (Å²) in [6, 6.07) is 10.2. The first-order valence-corrected chi connectivity index (χ1v) is 12.3. The van der Waals surface area contributed by atoms with Gasteiger partial charge in [0.05, 0.1) is 18.8 Å². The van der Waals surface area contributed by atoms with E-state index in [0.29, 0.717) is 17.7 Å². The number of nitriles is 1. The number of halogens is 1. The Morgan fingerprint density at radius 2 is 1.94 bits per heavy atom. The maximum absolute atomic E-state index is 9.12. The minimum Gasteiger partial charge on any atom is -0.380 e. The number of anilines is 2. The van der Waals surface area contributed by atoms with Crippen LogP contribution in [-0.4, -0.2) is 75.1 Å². The molecule has 0 radical (unpaired) electrons. The van der Waals surface area contributed by atoms with E-state index in [1.54, 1.807) is 12.3 Å². The molecule has 10 nitrogen and oxygen atoms in total. The Hall–Kier alpha value is -3.26. The van der Waals surface area contributed by atoms with Crippen LogP contribution in [0.15, 0.2) is 30.5 Å². The highest BCUT2D eigenvalue weighted by Crippen LogP contribution is 2.43. The molecule has 0 unspecified atom stereocenters. The molecule has 0 amide bonds. The standard InChI is InChI=1S/C24H24ClN9O/c25-17-1-2-20-16(7-17)9-31(19-4-6-35-11-19)10-21-29-30-23(34(20)21)33-14-24(15-33)12-32(13-24)22-27-5-3-18(8-26)28-22/h1-3,5,7,19H,4,6,9-15H2/t19-/m0/s1. The minimum atomic E-state index is 0.194. The molecule has 0 N–H and O–H groups in total. The van der Waals surface area contributed by atoms with Crippen molar-refractivity contribution in [3.8, 4) is 11.8 Å². The van der Waals surface area contributed by atoms with Crippen molar-refractivity contribution in [2.45, 2.75) is 25.6 Å². The highest BCUT2D eigenvalue weighted by molar-refractivity contribution is 6.30. The zero-order valence-corrected chi connectivity index (χ0v) is 19.9. The van der Waals surface area contributed by atoms with Crippen molar-refractivity contribution in [1.29, 1.82) is 5.26 Å². The lowest BCUT2D eigenvalue weighted by atomic mass is 9.73. The molecule has 0 saturated carbocycles. The number of hydrogen-bond acceptors (Lipinski definition) is 9. The smallest absolute Gasteiger partial charge is 0.231 e. The van der Waals surface area contributed by atoms with Crippen LogP contribution in [0.3, 0.4) is 0 Å². The van der Waals surface area contributed by atoms with Gasteiger partial charge in [0.2, 0.25) is 11.9 Å². The van der Waals surface area contributed by atoms with Crippen molar-refractivity contribution in [2.75, 3.05) is 49.2 Å². The SMILES string of the molecule is N#Cc1ccnc(N2CC3(C2)CN(c2nnc4n2-c2ccc(Cl)cc2CN([C@H]2CCOC2)C4)C3)n1. The predicted octanol–water partition coefficient (Wildman–Crippen LogP) is 2.01. The van der Waals surface area contributed by atoms with Crippen LogP contribution in [0, 0.1) is 16.7 Å². The van der Waals surface area contributed by atoms with Crippen molar-refractivity contribution in [1.82, 2.24) is 29.6 Å². The van der Waals surface area contributed by atoms with E-state index >= 15 is 0 Å². The van der Waals surface area contributed by atoms with Crippen molar-refractivity contribution in [3.63, 3.8) is 0 Å². The van der Waals surface area contributed by atoms with Gasteiger partial charge in [0, 0.05) is 62.0 Å². The second kappa shape index (κ2) is 7.88. The van der Waals surface area contributed by atoms with E-state index in [4.69, 9.17) is 21.6 Å². The van der Waals surface area contributed by atoms with Gasteiger partial charge in [-0.2, -0.15) is 5.26 Å². The zero-order valence-electron chi connectivity index (χ0n) is 19.1. The van der Waals surface area contributed by atoms with Crippen molar-refractivity contribution in [3.05, 3.63) is 52.6 Å². The lowest BCUT2D eigenvalue weighted by molar-refractivity contribution is 0.133. The van der Waals surface area contributed by atoms with Gasteiger partial charge >= 0.3 is 0 Å². The summed E-state index contributed by atoms with van der Waals surface area (Å²) in [7, 11) is 0. The summed E-state index contributed by atoms with van der Waals surface area (Å²) in [6.45, 7) is 6.66. The summed E-state index contributed by atoms with van der Waals surface area (Å²) >= 11 is 6.40. The van der Waals surface area contributed by atoms with Gasteiger partial charge in [-0.1, -0.05) is 11.6 Å². The van der Waals surface area contributed by atoms with Crippen LogP contribution in [-0.2, 0) is 17.8 Å². The third kappa shape index (κ3) is 3.45. The third-order valence-corrected chi connectivity index (χ3v) is 7.80. The number of benzene rings is 1. The molecular weight excluding hydrogens is 466 g/mol. The summed E-state index contributed by atoms with van der Waals surface area (Å²) in [5.41, 5.74) is 2.88. The Bertz CT molecular complexity index is 1330. The molecule has 3 saturated heterocycles. The Morgan fingerprint density at radius 3 is 2.74 bits per heavy atom. The fourth-order valence-corrected chi connectivity index (χ4v) is 6.05. The first-order valence-electron chi connectivity index (χ1n) is 11.9. The van der Waals surface area contributed by atoms with E-state index in [0.717, 1.165) is 81.4 Å². The fourth-order valence-electron chi connectivity index (χ4n) is 5.86. The number of aromatic nitrogens is 5. The molecule has 4 aliphatic rings. The summed E-state index contributed by atoms with van der Waals surface area (Å²) in [5, 5.41) is 19.1. The first kappa shape index (κ1) is 21.1. The van der Waals surface area contributed by atoms with E-state index < -0.39 is 0 Å². The molecule has 3 fully saturated rings. The molecule has 1 atom stereocenters. The van der Waals surface area contributed by atoms with Gasteiger partial charge in [0.25, 0.3) is 0 Å². The van der Waals surface area contributed by atoms with Gasteiger partial charge in [-0.25, -0.2) is 9.97 Å². The van der Waals surface area contributed by atoms with E-state index in [2.05, 4.69) is 57.6 Å². The van der Waals surface area contributed by atoms with E-state index in [9.17, 15) is 0 Å². The van der Waals surface area contributed by atoms with Gasteiger partial charge in [0.15, 0.2) is 5.82 Å². The monoisotopic (exact) mass is 489 g/mol. The largest absolute Gasteiger partial charge is 0.380 e. The van der Waals surface area contributed by atoms with Crippen LogP contribution in [0.4, 0.5) is 11.9 Å². The molecule has 35 heavy (non-hydrogen) atoms. The number of nitrogens with zero attached hydrogens (tertiary/aromatic N) is 9. The summed E-state index contributed by atoms with van der Waals surface area (Å²) in [4.78, 5) is 15.6. The Morgan fingerprint density at radius 1 is 1.09 bits per heavy atom. The molecule has 178 valence electrons. The number of fused-ring (bicyclic) bond motifs is 3. The summed E-state index contributed by atoms with van der Waals surface area (Å²) < 4.78 is 7.88. The van der Waals surface area contributed by atoms with Crippen LogP contribution in [0.1, 0.15) is 23.5 Å².